The van der Waals surface area contributed by atoms with E-state index >= 15 is 0 Å². The lowest BCUT2D eigenvalue weighted by molar-refractivity contribution is 0.504. The zero-order valence-electron chi connectivity index (χ0n) is 11.7. The molecule has 0 fully saturated rings. The number of nitrogens with zero attached hydrogens (tertiary/aromatic N) is 2. The first-order valence-electron chi connectivity index (χ1n) is 6.57. The average Bonchev–Trinajstić information content (AvgIpc) is 2.79. The van der Waals surface area contributed by atoms with Crippen LogP contribution in [0.2, 0.25) is 0 Å². The fraction of sp³-hybridized carbons (Fsp3) is 0.400. The van der Waals surface area contributed by atoms with Gasteiger partial charge in [-0.25, -0.2) is 9.37 Å². The molecule has 3 nitrogen and oxygen atoms in total. The average molecular weight is 261 g/mol. The molecule has 1 aromatic heterocycles. The smallest absolute Gasteiger partial charge is 0.125 e. The van der Waals surface area contributed by atoms with Gasteiger partial charge in [-0.15, -0.1) is 0 Å². The zero-order chi connectivity index (χ0) is 13.8. The first-order chi connectivity index (χ1) is 9.11. The first-order valence-corrected chi connectivity index (χ1v) is 6.57. The van der Waals surface area contributed by atoms with Crippen LogP contribution in [0.4, 0.5) is 4.39 Å². The van der Waals surface area contributed by atoms with E-state index < -0.39 is 0 Å². The Morgan fingerprint density at radius 2 is 2.21 bits per heavy atom. The lowest BCUT2D eigenvalue weighted by Crippen LogP contribution is -2.26. The van der Waals surface area contributed by atoms with Crippen LogP contribution in [0, 0.1) is 12.7 Å². The topological polar surface area (TPSA) is 29.9 Å². The van der Waals surface area contributed by atoms with Crippen LogP contribution in [0.1, 0.15) is 29.9 Å². The zero-order valence-corrected chi connectivity index (χ0v) is 11.7. The van der Waals surface area contributed by atoms with E-state index in [0.29, 0.717) is 0 Å². The van der Waals surface area contributed by atoms with Crippen molar-refractivity contribution in [2.75, 3.05) is 6.54 Å². The summed E-state index contributed by atoms with van der Waals surface area (Å²) < 4.78 is 15.4. The van der Waals surface area contributed by atoms with Gasteiger partial charge in [-0.1, -0.05) is 13.0 Å². The lowest BCUT2D eigenvalue weighted by Gasteiger charge is -2.19. The quantitative estimate of drug-likeness (QED) is 0.897. The Morgan fingerprint density at radius 3 is 2.84 bits per heavy atom. The molecule has 0 amide bonds. The summed E-state index contributed by atoms with van der Waals surface area (Å²) in [6.45, 7) is 4.93. The molecule has 0 bridgehead atoms. The minimum absolute atomic E-state index is 0.102. The number of aryl methyl sites for hydroxylation is 2. The Bertz CT molecular complexity index is 548. The van der Waals surface area contributed by atoms with Crippen LogP contribution in [0.15, 0.2) is 30.6 Å². The minimum Gasteiger partial charge on any atom is -0.337 e. The molecule has 2 aromatic rings. The predicted octanol–water partition coefficient (Wildman–Crippen LogP) is 2.76. The van der Waals surface area contributed by atoms with E-state index in [-0.39, 0.29) is 11.9 Å². The molecule has 1 N–H and O–H groups in total. The monoisotopic (exact) mass is 261 g/mol. The molecule has 0 aliphatic heterocycles. The summed E-state index contributed by atoms with van der Waals surface area (Å²) in [5.74, 6) is 0.793. The van der Waals surface area contributed by atoms with Crippen molar-refractivity contribution in [1.82, 2.24) is 14.9 Å². The summed E-state index contributed by atoms with van der Waals surface area (Å²) in [4.78, 5) is 4.39. The predicted molar refractivity (Wildman–Crippen MR) is 74.5 cm³/mol. The maximum Gasteiger partial charge on any atom is 0.125 e. The SMILES string of the molecule is CCNC(Cc1cc(F)ccc1C)c1nccn1C. The second-order valence-electron chi connectivity index (χ2n) is 4.78. The molecular weight excluding hydrogens is 241 g/mol. The molecule has 0 spiro atoms. The molecule has 1 heterocycles. The molecule has 102 valence electrons. The van der Waals surface area contributed by atoms with Crippen LogP contribution in [0.3, 0.4) is 0 Å². The van der Waals surface area contributed by atoms with Gasteiger partial charge in [-0.3, -0.25) is 0 Å². The standard InChI is InChI=1S/C15H20FN3/c1-4-17-14(15-18-7-8-19(15)3)10-12-9-13(16)6-5-11(12)2/h5-9,14,17H,4,10H2,1-3H3. The highest BCUT2D eigenvalue weighted by Gasteiger charge is 2.16. The summed E-state index contributed by atoms with van der Waals surface area (Å²) in [7, 11) is 1.98. The Balaban J connectivity index is 2.26. The highest BCUT2D eigenvalue weighted by Crippen LogP contribution is 2.20. The van der Waals surface area contributed by atoms with E-state index in [4.69, 9.17) is 0 Å². The highest BCUT2D eigenvalue weighted by atomic mass is 19.1. The summed E-state index contributed by atoms with van der Waals surface area (Å²) >= 11 is 0. The molecule has 0 radical (unpaired) electrons. The van der Waals surface area contributed by atoms with Crippen molar-refractivity contribution in [2.24, 2.45) is 7.05 Å². The summed E-state index contributed by atoms with van der Waals surface area (Å²) in [5.41, 5.74) is 2.13. The van der Waals surface area contributed by atoms with Gasteiger partial charge >= 0.3 is 0 Å². The Labute approximate surface area is 113 Å². The fourth-order valence-corrected chi connectivity index (χ4v) is 2.29. The molecule has 0 aliphatic rings. The largest absolute Gasteiger partial charge is 0.337 e. The Morgan fingerprint density at radius 1 is 1.42 bits per heavy atom. The number of halogens is 1. The van der Waals surface area contributed by atoms with Crippen molar-refractivity contribution in [3.63, 3.8) is 0 Å². The van der Waals surface area contributed by atoms with Crippen molar-refractivity contribution in [3.8, 4) is 0 Å². The van der Waals surface area contributed by atoms with Gasteiger partial charge in [0.1, 0.15) is 11.6 Å². The van der Waals surface area contributed by atoms with E-state index in [0.717, 1.165) is 29.9 Å². The second-order valence-corrected chi connectivity index (χ2v) is 4.78. The van der Waals surface area contributed by atoms with E-state index in [9.17, 15) is 4.39 Å². The van der Waals surface area contributed by atoms with Crippen molar-refractivity contribution in [3.05, 3.63) is 53.4 Å². The molecule has 1 atom stereocenters. The number of rotatable bonds is 5. The van der Waals surface area contributed by atoms with E-state index in [2.05, 4.69) is 17.2 Å². The molecule has 1 unspecified atom stereocenters. The number of imidazole rings is 1. The van der Waals surface area contributed by atoms with Crippen molar-refractivity contribution >= 4 is 0 Å². The summed E-state index contributed by atoms with van der Waals surface area (Å²) in [5, 5.41) is 3.42. The van der Waals surface area contributed by atoms with E-state index in [1.54, 1.807) is 12.3 Å². The van der Waals surface area contributed by atoms with Crippen LogP contribution >= 0.6 is 0 Å². The maximum absolute atomic E-state index is 13.4. The molecule has 0 saturated heterocycles. The van der Waals surface area contributed by atoms with Crippen LogP contribution in [-0.2, 0) is 13.5 Å². The lowest BCUT2D eigenvalue weighted by atomic mass is 10.0. The third-order valence-corrected chi connectivity index (χ3v) is 3.36. The van der Waals surface area contributed by atoms with Gasteiger partial charge in [-0.05, 0) is 43.1 Å². The van der Waals surface area contributed by atoms with Crippen molar-refractivity contribution in [2.45, 2.75) is 26.3 Å². The van der Waals surface area contributed by atoms with Gasteiger partial charge in [0.2, 0.25) is 0 Å². The van der Waals surface area contributed by atoms with Gasteiger partial charge < -0.3 is 9.88 Å². The van der Waals surface area contributed by atoms with E-state index in [1.807, 2.05) is 30.8 Å². The second kappa shape index (κ2) is 5.97. The van der Waals surface area contributed by atoms with Crippen LogP contribution in [-0.4, -0.2) is 16.1 Å². The minimum atomic E-state index is -0.185. The van der Waals surface area contributed by atoms with Crippen molar-refractivity contribution in [1.29, 1.82) is 0 Å². The Kier molecular flexibility index (Phi) is 4.32. The number of benzene rings is 1. The van der Waals surface area contributed by atoms with Crippen LogP contribution in [0.25, 0.3) is 0 Å². The number of likely N-dealkylation sites (N-methyl/N-ethyl adjacent to an activating group) is 1. The molecular formula is C15H20FN3. The van der Waals surface area contributed by atoms with Gasteiger partial charge in [0, 0.05) is 19.4 Å². The number of hydrogen-bond acceptors (Lipinski definition) is 2. The fourth-order valence-electron chi connectivity index (χ4n) is 2.29. The van der Waals surface area contributed by atoms with Crippen LogP contribution in [0.5, 0.6) is 0 Å². The third-order valence-electron chi connectivity index (χ3n) is 3.36. The maximum atomic E-state index is 13.4. The van der Waals surface area contributed by atoms with Crippen LogP contribution < -0.4 is 5.32 Å². The molecule has 0 aliphatic carbocycles. The molecule has 2 rings (SSSR count). The summed E-state index contributed by atoms with van der Waals surface area (Å²) in [6, 6.07) is 5.04. The van der Waals surface area contributed by atoms with Gasteiger partial charge in [0.15, 0.2) is 0 Å². The van der Waals surface area contributed by atoms with Gasteiger partial charge in [0.05, 0.1) is 6.04 Å². The molecule has 4 heteroatoms. The molecule has 1 aromatic carbocycles. The van der Waals surface area contributed by atoms with E-state index in [1.165, 1.54) is 6.07 Å². The number of hydrogen-bond donors (Lipinski definition) is 1. The molecule has 0 saturated carbocycles. The highest BCUT2D eigenvalue weighted by molar-refractivity contribution is 5.28. The van der Waals surface area contributed by atoms with Crippen molar-refractivity contribution < 1.29 is 4.39 Å². The Hall–Kier alpha value is -1.68. The number of aromatic nitrogens is 2. The van der Waals surface area contributed by atoms with Gasteiger partial charge in [0.25, 0.3) is 0 Å². The number of nitrogens with one attached hydrogen (secondary N) is 1. The summed E-state index contributed by atoms with van der Waals surface area (Å²) in [6.07, 6.45) is 4.46. The molecule has 19 heavy (non-hydrogen) atoms. The first kappa shape index (κ1) is 13.7. The normalized spacial score (nSPS) is 12.6. The third kappa shape index (κ3) is 3.20. The van der Waals surface area contributed by atoms with Gasteiger partial charge in [-0.2, -0.15) is 0 Å².